The predicted molar refractivity (Wildman–Crippen MR) is 74.8 cm³/mol. The summed E-state index contributed by atoms with van der Waals surface area (Å²) in [6, 6.07) is 7.75. The molecule has 106 valence electrons. The predicted octanol–water partition coefficient (Wildman–Crippen LogP) is 1.66. The van der Waals surface area contributed by atoms with Gasteiger partial charge in [-0.3, -0.25) is 4.79 Å². The highest BCUT2D eigenvalue weighted by Crippen LogP contribution is 2.22. The normalized spacial score (nSPS) is 14.2. The molecule has 0 aliphatic heterocycles. The summed E-state index contributed by atoms with van der Waals surface area (Å²) in [6.07, 6.45) is -0.168. The molecule has 3 N–H and O–H groups in total. The Kier molecular flexibility index (Phi) is 5.32. The number of benzene rings is 1. The lowest BCUT2D eigenvalue weighted by molar-refractivity contribution is -0.134. The molecule has 0 fully saturated rings. The van der Waals surface area contributed by atoms with Crippen LogP contribution in [0.1, 0.15) is 18.9 Å². The fourth-order valence-electron chi connectivity index (χ4n) is 1.85. The van der Waals surface area contributed by atoms with E-state index in [-0.39, 0.29) is 0 Å². The molecular formula is C14H22N2O3. The van der Waals surface area contributed by atoms with Crippen LogP contribution in [0.3, 0.4) is 0 Å². The van der Waals surface area contributed by atoms with Crippen molar-refractivity contribution in [3.8, 4) is 0 Å². The van der Waals surface area contributed by atoms with Gasteiger partial charge in [-0.1, -0.05) is 12.1 Å². The van der Waals surface area contributed by atoms with Gasteiger partial charge in [0.25, 0.3) is 0 Å². The molecule has 0 bridgehead atoms. The number of nitrogens with one attached hydrogen (secondary N) is 1. The summed E-state index contributed by atoms with van der Waals surface area (Å²) < 4.78 is 10.3. The van der Waals surface area contributed by atoms with Crippen molar-refractivity contribution in [2.45, 2.75) is 32.1 Å². The second-order valence-corrected chi connectivity index (χ2v) is 4.80. The number of primary amides is 1. The highest BCUT2D eigenvalue weighted by molar-refractivity contribution is 5.87. The smallest absolute Gasteiger partial charge is 0.243 e. The lowest BCUT2D eigenvalue weighted by Crippen LogP contribution is -2.50. The summed E-state index contributed by atoms with van der Waals surface area (Å²) in [6.45, 7) is 3.72. The number of carbonyl (C=O) groups is 1. The first-order valence-electron chi connectivity index (χ1n) is 6.11. The number of carbonyl (C=O) groups excluding carboxylic acids is 1. The first kappa shape index (κ1) is 15.5. The number of ether oxygens (including phenoxy) is 2. The second-order valence-electron chi connectivity index (χ2n) is 4.80. The molecule has 1 atom stereocenters. The van der Waals surface area contributed by atoms with E-state index in [1.165, 1.54) is 14.2 Å². The number of methoxy groups -OCH3 is 2. The van der Waals surface area contributed by atoms with Crippen molar-refractivity contribution in [2.75, 3.05) is 19.5 Å². The van der Waals surface area contributed by atoms with Gasteiger partial charge in [-0.2, -0.15) is 0 Å². The maximum atomic E-state index is 11.7. The number of aryl methyl sites for hydroxylation is 1. The molecule has 0 heterocycles. The molecule has 0 aromatic heterocycles. The van der Waals surface area contributed by atoms with Crippen LogP contribution in [0.15, 0.2) is 24.3 Å². The van der Waals surface area contributed by atoms with Crippen LogP contribution in [-0.2, 0) is 14.3 Å². The minimum absolute atomic E-state index is 0.323. The first-order valence-corrected chi connectivity index (χ1v) is 6.11. The van der Waals surface area contributed by atoms with E-state index in [1.807, 2.05) is 31.2 Å². The van der Waals surface area contributed by atoms with E-state index < -0.39 is 17.7 Å². The number of nitrogens with two attached hydrogens (primary N) is 1. The number of rotatable bonds is 7. The van der Waals surface area contributed by atoms with Crippen LogP contribution in [0.2, 0.25) is 0 Å². The highest BCUT2D eigenvalue weighted by Gasteiger charge is 2.34. The maximum Gasteiger partial charge on any atom is 0.243 e. The Balaban J connectivity index is 2.90. The molecule has 19 heavy (non-hydrogen) atoms. The molecule has 1 amide bonds. The molecule has 5 heteroatoms. The average molecular weight is 266 g/mol. The zero-order chi connectivity index (χ0) is 14.5. The van der Waals surface area contributed by atoms with Crippen LogP contribution in [-0.4, -0.2) is 32.0 Å². The SMILES string of the molecule is COC(CC(C)(Nc1cccc(C)c1)C(N)=O)OC. The summed E-state index contributed by atoms with van der Waals surface area (Å²) in [5, 5.41) is 3.16. The van der Waals surface area contributed by atoms with Gasteiger partial charge in [0.05, 0.1) is 0 Å². The van der Waals surface area contributed by atoms with E-state index in [0.717, 1.165) is 11.3 Å². The Hall–Kier alpha value is -1.59. The lowest BCUT2D eigenvalue weighted by atomic mass is 9.95. The maximum absolute atomic E-state index is 11.7. The largest absolute Gasteiger partial charge is 0.371 e. The Labute approximate surface area is 114 Å². The third-order valence-electron chi connectivity index (χ3n) is 3.08. The van der Waals surface area contributed by atoms with Crippen LogP contribution in [0.5, 0.6) is 0 Å². The van der Waals surface area contributed by atoms with Gasteiger partial charge in [0, 0.05) is 26.3 Å². The number of amides is 1. The van der Waals surface area contributed by atoms with E-state index in [1.54, 1.807) is 6.92 Å². The monoisotopic (exact) mass is 266 g/mol. The number of hydrogen-bond donors (Lipinski definition) is 2. The van der Waals surface area contributed by atoms with Crippen LogP contribution >= 0.6 is 0 Å². The van der Waals surface area contributed by atoms with E-state index in [0.29, 0.717) is 6.42 Å². The summed E-state index contributed by atoms with van der Waals surface area (Å²) in [5.74, 6) is -0.451. The number of hydrogen-bond acceptors (Lipinski definition) is 4. The molecule has 5 nitrogen and oxygen atoms in total. The molecule has 0 saturated carbocycles. The third-order valence-corrected chi connectivity index (χ3v) is 3.08. The Morgan fingerprint density at radius 3 is 2.53 bits per heavy atom. The Bertz CT molecular complexity index is 432. The van der Waals surface area contributed by atoms with Crippen molar-refractivity contribution in [2.24, 2.45) is 5.73 Å². The van der Waals surface area contributed by atoms with Gasteiger partial charge in [-0.05, 0) is 31.5 Å². The quantitative estimate of drug-likeness (QED) is 0.736. The number of anilines is 1. The van der Waals surface area contributed by atoms with Crippen molar-refractivity contribution < 1.29 is 14.3 Å². The zero-order valence-corrected chi connectivity index (χ0v) is 11.9. The van der Waals surface area contributed by atoms with Crippen LogP contribution in [0, 0.1) is 6.92 Å². The standard InChI is InChI=1S/C14H22N2O3/c1-10-6-5-7-11(8-10)16-14(2,13(15)17)9-12(18-3)19-4/h5-8,12,16H,9H2,1-4H3,(H2,15,17). The van der Waals surface area contributed by atoms with Crippen LogP contribution in [0.25, 0.3) is 0 Å². The van der Waals surface area contributed by atoms with Crippen LogP contribution in [0.4, 0.5) is 5.69 Å². The third kappa shape index (κ3) is 4.22. The molecule has 1 rings (SSSR count). The van der Waals surface area contributed by atoms with Crippen molar-refractivity contribution in [1.82, 2.24) is 0 Å². The van der Waals surface area contributed by atoms with Crippen molar-refractivity contribution in [1.29, 1.82) is 0 Å². The zero-order valence-electron chi connectivity index (χ0n) is 11.9. The molecule has 0 saturated heterocycles. The molecule has 1 aromatic rings. The first-order chi connectivity index (χ1) is 8.91. The van der Waals surface area contributed by atoms with Gasteiger partial charge in [-0.25, -0.2) is 0 Å². The van der Waals surface area contributed by atoms with Gasteiger partial charge in [0.1, 0.15) is 5.54 Å². The summed E-state index contributed by atoms with van der Waals surface area (Å²) in [5.41, 5.74) is 6.51. The Morgan fingerprint density at radius 2 is 2.05 bits per heavy atom. The summed E-state index contributed by atoms with van der Waals surface area (Å²) >= 11 is 0. The fraction of sp³-hybridized carbons (Fsp3) is 0.500. The fourth-order valence-corrected chi connectivity index (χ4v) is 1.85. The van der Waals surface area contributed by atoms with E-state index in [9.17, 15) is 4.79 Å². The Morgan fingerprint density at radius 1 is 1.42 bits per heavy atom. The average Bonchev–Trinajstić information content (AvgIpc) is 2.35. The minimum atomic E-state index is -0.940. The van der Waals surface area contributed by atoms with Gasteiger partial charge < -0.3 is 20.5 Å². The van der Waals surface area contributed by atoms with E-state index in [2.05, 4.69) is 5.32 Å². The molecule has 0 aliphatic carbocycles. The van der Waals surface area contributed by atoms with Gasteiger partial charge >= 0.3 is 0 Å². The van der Waals surface area contributed by atoms with Gasteiger partial charge in [-0.15, -0.1) is 0 Å². The molecule has 0 aliphatic rings. The summed E-state index contributed by atoms with van der Waals surface area (Å²) in [4.78, 5) is 11.7. The molecule has 0 radical (unpaired) electrons. The molecule has 1 aromatic carbocycles. The van der Waals surface area contributed by atoms with Crippen molar-refractivity contribution in [3.63, 3.8) is 0 Å². The van der Waals surface area contributed by atoms with Crippen molar-refractivity contribution in [3.05, 3.63) is 29.8 Å². The van der Waals surface area contributed by atoms with E-state index >= 15 is 0 Å². The molecular weight excluding hydrogens is 244 g/mol. The van der Waals surface area contributed by atoms with E-state index in [4.69, 9.17) is 15.2 Å². The topological polar surface area (TPSA) is 73.6 Å². The van der Waals surface area contributed by atoms with Crippen molar-refractivity contribution >= 4 is 11.6 Å². The second kappa shape index (κ2) is 6.54. The van der Waals surface area contributed by atoms with Gasteiger partial charge in [0.2, 0.25) is 5.91 Å². The molecule has 1 unspecified atom stereocenters. The van der Waals surface area contributed by atoms with Crippen LogP contribution < -0.4 is 11.1 Å². The minimum Gasteiger partial charge on any atom is -0.371 e. The summed E-state index contributed by atoms with van der Waals surface area (Å²) in [7, 11) is 3.06. The highest BCUT2D eigenvalue weighted by atomic mass is 16.7. The molecule has 0 spiro atoms. The van der Waals surface area contributed by atoms with Gasteiger partial charge in [0.15, 0.2) is 6.29 Å². The lowest BCUT2D eigenvalue weighted by Gasteiger charge is -2.31.